The van der Waals surface area contributed by atoms with E-state index in [0.29, 0.717) is 52.1 Å². The van der Waals surface area contributed by atoms with E-state index in [1.54, 1.807) is 22.7 Å². The third-order valence-electron chi connectivity index (χ3n) is 16.1. The summed E-state index contributed by atoms with van der Waals surface area (Å²) in [7, 11) is 0. The number of aryl methyl sites for hydroxylation is 4. The van der Waals surface area contributed by atoms with Gasteiger partial charge in [-0.15, -0.1) is 45.3 Å². The molecule has 9 rings (SSSR count). The monoisotopic (exact) mass is 1220 g/mol. The van der Waals surface area contributed by atoms with Gasteiger partial charge in [-0.25, -0.2) is 0 Å². The highest BCUT2D eigenvalue weighted by Crippen LogP contribution is 2.56. The Morgan fingerprint density at radius 3 is 1.36 bits per heavy atom. The van der Waals surface area contributed by atoms with Gasteiger partial charge in [0.25, 0.3) is 0 Å². The minimum atomic E-state index is -0.240. The van der Waals surface area contributed by atoms with Gasteiger partial charge in [0.1, 0.15) is 11.0 Å². The Bertz CT molecular complexity index is 3490. The van der Waals surface area contributed by atoms with Crippen molar-refractivity contribution in [2.24, 2.45) is 0 Å². The summed E-state index contributed by atoms with van der Waals surface area (Å²) in [4.78, 5) is 58.8. The zero-order valence-corrected chi connectivity index (χ0v) is 53.8. The Kier molecular flexibility index (Phi) is 22.8. The topological polar surface area (TPSA) is 131 Å². The summed E-state index contributed by atoms with van der Waals surface area (Å²) in [6, 6.07) is 32.4. The number of unbranched alkanes of at least 4 members (excludes halogenated alkanes) is 8. The van der Waals surface area contributed by atoms with Crippen LogP contribution < -0.4 is 0 Å². The highest BCUT2D eigenvalue weighted by molar-refractivity contribution is 7.25. The molecule has 0 N–H and O–H groups in total. The molecule has 0 spiro atoms. The molecule has 0 amide bonds. The number of rotatable bonds is 33. The molecule has 5 heterocycles. The lowest BCUT2D eigenvalue weighted by molar-refractivity contribution is -0.144. The number of carbonyl (C=O) groups is 4. The van der Waals surface area contributed by atoms with Crippen molar-refractivity contribution in [3.05, 3.63) is 118 Å². The second-order valence-electron chi connectivity index (χ2n) is 22.0. The zero-order valence-electron chi connectivity index (χ0n) is 49.8. The Balaban J connectivity index is 0.994. The standard InChI is InChI=1S/C69H80N2O8S5/c1-7-76-62(72)25-17-11-15-23-47-43-60(80-46(47)6)58-37-35-56(81-58)52-33-34-53(67-66(52)70-84-71-67)57-36-38-59(82-57)61-44-48(24-16-12-18-26-63(73)77-8-2)68(83-61)49-30-32-51-50-31-29-45(5)41-54(50)69(55(51)42-49,39-21-13-19-27-64(74)78-9-3)40-22-14-20-28-65(75)79-10-4/h29-38,41-44H,7-28,39-40H2,1-6H3. The first kappa shape index (κ1) is 62.7. The lowest BCUT2D eigenvalue weighted by Crippen LogP contribution is -2.26. The summed E-state index contributed by atoms with van der Waals surface area (Å²) in [5.74, 6) is -0.493. The van der Waals surface area contributed by atoms with Gasteiger partial charge >= 0.3 is 23.9 Å². The molecule has 5 aromatic heterocycles. The van der Waals surface area contributed by atoms with Gasteiger partial charge in [-0.05, 0) is 187 Å². The van der Waals surface area contributed by atoms with Crippen LogP contribution in [0.1, 0.15) is 176 Å². The van der Waals surface area contributed by atoms with E-state index >= 15 is 0 Å². The van der Waals surface area contributed by atoms with E-state index < -0.39 is 0 Å². The number of nitrogens with zero attached hydrogens (tertiary/aromatic N) is 2. The van der Waals surface area contributed by atoms with Gasteiger partial charge in [0.05, 0.1) is 38.2 Å². The fourth-order valence-electron chi connectivity index (χ4n) is 12.0. The molecule has 0 atom stereocenters. The van der Waals surface area contributed by atoms with E-state index in [-0.39, 0.29) is 29.3 Å². The zero-order chi connectivity index (χ0) is 59.0. The molecule has 0 fully saturated rings. The van der Waals surface area contributed by atoms with Crippen LogP contribution >= 0.6 is 57.1 Å². The van der Waals surface area contributed by atoms with Gasteiger partial charge in [-0.3, -0.25) is 19.2 Å². The molecule has 0 saturated heterocycles. The smallest absolute Gasteiger partial charge is 0.305 e. The van der Waals surface area contributed by atoms with E-state index in [2.05, 4.69) is 98.8 Å². The number of fused-ring (bicyclic) bond motifs is 4. The van der Waals surface area contributed by atoms with Gasteiger partial charge in [0.15, 0.2) is 0 Å². The minimum absolute atomic E-state index is 0.103. The minimum Gasteiger partial charge on any atom is -0.466 e. The lowest BCUT2D eigenvalue weighted by atomic mass is 9.70. The van der Waals surface area contributed by atoms with Crippen LogP contribution in [0, 0.1) is 13.8 Å². The van der Waals surface area contributed by atoms with Crippen LogP contribution in [0.2, 0.25) is 0 Å². The number of thiophene rings is 4. The van der Waals surface area contributed by atoms with Crippen molar-refractivity contribution in [3.8, 4) is 62.0 Å². The largest absolute Gasteiger partial charge is 0.466 e. The predicted molar refractivity (Wildman–Crippen MR) is 349 cm³/mol. The van der Waals surface area contributed by atoms with Gasteiger partial charge in [0, 0.05) is 81.2 Å². The summed E-state index contributed by atoms with van der Waals surface area (Å²) in [6.07, 6.45) is 16.6. The molecule has 444 valence electrons. The van der Waals surface area contributed by atoms with Crippen molar-refractivity contribution in [2.75, 3.05) is 26.4 Å². The molecule has 10 nitrogen and oxygen atoms in total. The van der Waals surface area contributed by atoms with Crippen LogP contribution in [0.5, 0.6) is 0 Å². The molecule has 0 radical (unpaired) electrons. The maximum atomic E-state index is 12.4. The normalized spacial score (nSPS) is 12.4. The van der Waals surface area contributed by atoms with E-state index in [9.17, 15) is 19.2 Å². The van der Waals surface area contributed by atoms with Gasteiger partial charge in [0.2, 0.25) is 0 Å². The van der Waals surface area contributed by atoms with E-state index in [4.69, 9.17) is 27.7 Å². The molecule has 1 aliphatic rings. The molecule has 0 aliphatic heterocycles. The molecular formula is C69H80N2O8S5. The Labute approximate surface area is 516 Å². The average molecular weight is 1230 g/mol. The number of esters is 4. The van der Waals surface area contributed by atoms with Crippen molar-refractivity contribution in [2.45, 2.75) is 175 Å². The highest BCUT2D eigenvalue weighted by atomic mass is 32.1. The number of ether oxygens (including phenoxy) is 4. The molecule has 15 heteroatoms. The maximum absolute atomic E-state index is 12.4. The Morgan fingerprint density at radius 2 is 0.845 bits per heavy atom. The number of hydrogen-bond donors (Lipinski definition) is 0. The Morgan fingerprint density at radius 1 is 0.417 bits per heavy atom. The summed E-state index contributed by atoms with van der Waals surface area (Å²) in [5, 5.41) is 0. The second-order valence-corrected chi connectivity index (χ2v) is 27.0. The van der Waals surface area contributed by atoms with Crippen molar-refractivity contribution < 1.29 is 38.1 Å². The van der Waals surface area contributed by atoms with Gasteiger partial charge in [-0.1, -0.05) is 86.6 Å². The van der Waals surface area contributed by atoms with Crippen LogP contribution in [0.25, 0.3) is 73.0 Å². The third-order valence-corrected chi connectivity index (χ3v) is 21.6. The molecule has 0 unspecified atom stereocenters. The van der Waals surface area contributed by atoms with Gasteiger partial charge < -0.3 is 18.9 Å². The van der Waals surface area contributed by atoms with E-state index in [0.717, 1.165) is 130 Å². The molecule has 1 aliphatic carbocycles. The number of benzene rings is 3. The number of carbonyl (C=O) groups excluding carboxylic acids is 4. The van der Waals surface area contributed by atoms with Crippen LogP contribution in [0.4, 0.5) is 0 Å². The number of hydrogen-bond acceptors (Lipinski definition) is 15. The molecule has 0 saturated carbocycles. The predicted octanol–water partition coefficient (Wildman–Crippen LogP) is 19.5. The van der Waals surface area contributed by atoms with Crippen molar-refractivity contribution in [1.82, 2.24) is 8.75 Å². The molecule has 84 heavy (non-hydrogen) atoms. The van der Waals surface area contributed by atoms with Gasteiger partial charge in [-0.2, -0.15) is 8.75 Å². The van der Waals surface area contributed by atoms with E-state index in [1.807, 2.05) is 50.4 Å². The number of aromatic nitrogens is 2. The maximum Gasteiger partial charge on any atom is 0.305 e. The van der Waals surface area contributed by atoms with Crippen molar-refractivity contribution in [3.63, 3.8) is 0 Å². The molecule has 3 aromatic carbocycles. The van der Waals surface area contributed by atoms with Crippen LogP contribution in [-0.2, 0) is 56.4 Å². The fraction of sp³-hybridized carbons (Fsp3) is 0.449. The molecule has 0 bridgehead atoms. The highest BCUT2D eigenvalue weighted by Gasteiger charge is 2.43. The second kappa shape index (κ2) is 30.5. The van der Waals surface area contributed by atoms with Crippen LogP contribution in [0.3, 0.4) is 0 Å². The summed E-state index contributed by atoms with van der Waals surface area (Å²) < 4.78 is 30.8. The molecule has 8 aromatic rings. The SMILES string of the molecule is CCOC(=O)CCCCCc1cc(-c2ccc(-c3ccc(-c4ccc(-c5cc(CCCCCC(=O)OCC)c(-c6ccc7c(c6)C(CCCCCC(=O)OCC)(CCCCCC(=O)OCC)c6cc(C)ccc6-7)s5)s4)c4nsnc34)s2)sc1C. The van der Waals surface area contributed by atoms with Crippen molar-refractivity contribution >= 4 is 92.0 Å². The molecular weight excluding hydrogens is 1150 g/mol. The summed E-state index contributed by atoms with van der Waals surface area (Å²) >= 11 is 8.59. The quantitative estimate of drug-likeness (QED) is 0.0223. The first-order valence-corrected chi connectivity index (χ1v) is 34.5. The average Bonchev–Trinajstić information content (AvgIpc) is 3.39. The summed E-state index contributed by atoms with van der Waals surface area (Å²) in [5.41, 5.74) is 14.3. The van der Waals surface area contributed by atoms with Crippen LogP contribution in [0.15, 0.2) is 84.9 Å². The van der Waals surface area contributed by atoms with Crippen molar-refractivity contribution in [1.29, 1.82) is 0 Å². The Hall–Kier alpha value is -5.84. The van der Waals surface area contributed by atoms with Crippen LogP contribution in [-0.4, -0.2) is 59.1 Å². The first-order valence-electron chi connectivity index (χ1n) is 30.5. The third kappa shape index (κ3) is 15.4. The van der Waals surface area contributed by atoms with E-state index in [1.165, 1.54) is 90.4 Å². The lowest BCUT2D eigenvalue weighted by Gasteiger charge is -2.33. The first-order chi connectivity index (χ1) is 40.9. The summed E-state index contributed by atoms with van der Waals surface area (Å²) in [6.45, 7) is 13.5. The fourth-order valence-corrected chi connectivity index (χ4v) is 17.1.